The van der Waals surface area contributed by atoms with Gasteiger partial charge in [0, 0.05) is 51.3 Å². The Morgan fingerprint density at radius 3 is 2.31 bits per heavy atom. The number of hydrogen-bond donors (Lipinski definition) is 2. The largest absolute Gasteiger partial charge is 0.457 e. The molecule has 0 radical (unpaired) electrons. The number of nitrogens with zero attached hydrogens (tertiary/aromatic N) is 7. The van der Waals surface area contributed by atoms with Crippen molar-refractivity contribution in [3.05, 3.63) is 96.3 Å². The summed E-state index contributed by atoms with van der Waals surface area (Å²) in [5.41, 5.74) is 10.5. The number of fused-ring (bicyclic) bond motifs is 1. The lowest BCUT2D eigenvalue weighted by molar-refractivity contribution is -0.175. The van der Waals surface area contributed by atoms with Crippen LogP contribution in [0.3, 0.4) is 0 Å². The van der Waals surface area contributed by atoms with Gasteiger partial charge in [0.15, 0.2) is 5.65 Å². The molecule has 1 aliphatic heterocycles. The van der Waals surface area contributed by atoms with Crippen molar-refractivity contribution < 1.29 is 19.2 Å². The summed E-state index contributed by atoms with van der Waals surface area (Å²) in [5, 5.41) is 9.68. The Bertz CT molecular complexity index is 1990. The first-order valence-electron chi connectivity index (χ1n) is 17.9. The van der Waals surface area contributed by atoms with Crippen LogP contribution in [-0.4, -0.2) is 85.9 Å². The average Bonchev–Trinajstić information content (AvgIpc) is 3.56. The number of aromatic nitrogens is 4. The number of ether oxygens (including phenoxy) is 1. The summed E-state index contributed by atoms with van der Waals surface area (Å²) in [6.07, 6.45) is 5.88. The van der Waals surface area contributed by atoms with Crippen molar-refractivity contribution in [3.63, 3.8) is 0 Å². The van der Waals surface area contributed by atoms with Gasteiger partial charge < -0.3 is 25.5 Å². The SMILES string of the molecule is CC(=O)ON(Cc1cccc(Oc2ccc(-c3nn(C4CCC(N5CCN(C)CC5)CC4)c4ncnc(N)c34)cc2)c1)C(=O)NCc1ccccc1. The van der Waals surface area contributed by atoms with Gasteiger partial charge in [-0.2, -0.15) is 5.10 Å². The average molecular weight is 704 g/mol. The van der Waals surface area contributed by atoms with Gasteiger partial charge in [0.2, 0.25) is 0 Å². The van der Waals surface area contributed by atoms with Crippen LogP contribution in [0.2, 0.25) is 0 Å². The van der Waals surface area contributed by atoms with E-state index in [0.29, 0.717) is 29.9 Å². The van der Waals surface area contributed by atoms with Gasteiger partial charge in [-0.1, -0.05) is 42.5 Å². The fourth-order valence-electron chi connectivity index (χ4n) is 7.16. The third-order valence-electron chi connectivity index (χ3n) is 9.92. The summed E-state index contributed by atoms with van der Waals surface area (Å²) in [7, 11) is 2.20. The predicted octanol–water partition coefficient (Wildman–Crippen LogP) is 5.79. The number of hydrogen-bond acceptors (Lipinski definition) is 10. The third-order valence-corrected chi connectivity index (χ3v) is 9.92. The molecule has 3 aromatic carbocycles. The highest BCUT2D eigenvalue weighted by molar-refractivity contribution is 5.98. The Labute approximate surface area is 303 Å². The number of carbonyl (C=O) groups is 2. The molecule has 7 rings (SSSR count). The second-order valence-corrected chi connectivity index (χ2v) is 13.6. The Morgan fingerprint density at radius 1 is 0.865 bits per heavy atom. The molecule has 2 aromatic heterocycles. The van der Waals surface area contributed by atoms with E-state index in [1.54, 1.807) is 6.07 Å². The minimum Gasteiger partial charge on any atom is -0.457 e. The maximum absolute atomic E-state index is 12.9. The van der Waals surface area contributed by atoms with Crippen LogP contribution in [0.5, 0.6) is 11.5 Å². The minimum atomic E-state index is -0.595. The Balaban J connectivity index is 1.03. The first-order chi connectivity index (χ1) is 25.3. The first kappa shape index (κ1) is 34.9. The number of hydroxylamine groups is 2. The second-order valence-electron chi connectivity index (χ2n) is 13.6. The number of rotatable bonds is 9. The van der Waals surface area contributed by atoms with Crippen molar-refractivity contribution in [1.82, 2.24) is 39.9 Å². The fourth-order valence-corrected chi connectivity index (χ4v) is 7.16. The summed E-state index contributed by atoms with van der Waals surface area (Å²) < 4.78 is 8.28. The van der Waals surface area contributed by atoms with E-state index < -0.39 is 12.0 Å². The standard InChI is InChI=1S/C39H45N9O4/c1-27(49)52-47(39(50)41-24-28-7-4-3-5-8-28)25-29-9-6-10-34(23-29)51-33-17-11-30(12-18-33)36-35-37(40)42-26-43-38(35)48(44-36)32-15-13-31(14-16-32)46-21-19-45(2)20-22-46/h3-12,17-18,23,26,31-32H,13-16,19-22,24-25H2,1-2H3,(H,41,50)(H2,40,42,43). The maximum atomic E-state index is 12.9. The zero-order valence-corrected chi connectivity index (χ0v) is 29.6. The van der Waals surface area contributed by atoms with Gasteiger partial charge >= 0.3 is 12.0 Å². The molecule has 13 nitrogen and oxygen atoms in total. The van der Waals surface area contributed by atoms with E-state index >= 15 is 0 Å². The summed E-state index contributed by atoms with van der Waals surface area (Å²) in [6, 6.07) is 24.8. The molecule has 0 bridgehead atoms. The molecule has 270 valence electrons. The molecule has 1 saturated carbocycles. The number of nitrogen functional groups attached to an aromatic ring is 1. The molecule has 0 unspecified atom stereocenters. The first-order valence-corrected chi connectivity index (χ1v) is 17.9. The summed E-state index contributed by atoms with van der Waals surface area (Å²) in [4.78, 5) is 44.0. The highest BCUT2D eigenvalue weighted by Gasteiger charge is 2.31. The quantitative estimate of drug-likeness (QED) is 0.181. The van der Waals surface area contributed by atoms with Gasteiger partial charge in [-0.05, 0) is 80.3 Å². The minimum absolute atomic E-state index is 0.0348. The molecular formula is C39H45N9O4. The van der Waals surface area contributed by atoms with Crippen LogP contribution in [0.4, 0.5) is 10.6 Å². The van der Waals surface area contributed by atoms with E-state index in [9.17, 15) is 9.59 Å². The Kier molecular flexibility index (Phi) is 10.6. The topological polar surface area (TPSA) is 144 Å². The molecule has 0 spiro atoms. The molecule has 1 saturated heterocycles. The lowest BCUT2D eigenvalue weighted by Crippen LogP contribution is -2.49. The van der Waals surface area contributed by atoms with Crippen molar-refractivity contribution in [2.45, 2.75) is 57.8 Å². The normalized spacial score (nSPS) is 18.2. The smallest absolute Gasteiger partial charge is 0.351 e. The predicted molar refractivity (Wildman–Crippen MR) is 198 cm³/mol. The highest BCUT2D eigenvalue weighted by Crippen LogP contribution is 2.37. The van der Waals surface area contributed by atoms with Gasteiger partial charge in [0.25, 0.3) is 0 Å². The molecule has 2 fully saturated rings. The molecule has 3 N–H and O–H groups in total. The lowest BCUT2D eigenvalue weighted by atomic mass is 9.90. The van der Waals surface area contributed by atoms with Crippen LogP contribution in [0.15, 0.2) is 85.2 Å². The van der Waals surface area contributed by atoms with Crippen LogP contribution in [0.1, 0.15) is 49.8 Å². The van der Waals surface area contributed by atoms with Gasteiger partial charge in [-0.15, -0.1) is 5.06 Å². The fraction of sp³-hybridized carbons (Fsp3) is 0.359. The number of piperazine rings is 1. The van der Waals surface area contributed by atoms with E-state index in [0.717, 1.165) is 90.3 Å². The van der Waals surface area contributed by atoms with Gasteiger partial charge in [-0.3, -0.25) is 9.69 Å². The highest BCUT2D eigenvalue weighted by atomic mass is 16.7. The van der Waals surface area contributed by atoms with Gasteiger partial charge in [0.05, 0.1) is 18.0 Å². The van der Waals surface area contributed by atoms with Crippen molar-refractivity contribution in [3.8, 4) is 22.8 Å². The molecule has 2 amide bonds. The summed E-state index contributed by atoms with van der Waals surface area (Å²) in [6.45, 7) is 6.13. The molecule has 13 heteroatoms. The van der Waals surface area contributed by atoms with Crippen LogP contribution >= 0.6 is 0 Å². The number of carbonyl (C=O) groups excluding carboxylic acids is 2. The summed E-state index contributed by atoms with van der Waals surface area (Å²) in [5.74, 6) is 0.999. The van der Waals surface area contributed by atoms with Crippen molar-refractivity contribution in [1.29, 1.82) is 0 Å². The van der Waals surface area contributed by atoms with Gasteiger partial charge in [-0.25, -0.2) is 19.4 Å². The molecule has 52 heavy (non-hydrogen) atoms. The lowest BCUT2D eigenvalue weighted by Gasteiger charge is -2.41. The Hall–Kier alpha value is -5.53. The number of anilines is 1. The van der Waals surface area contributed by atoms with Crippen LogP contribution in [0, 0.1) is 0 Å². The van der Waals surface area contributed by atoms with Gasteiger partial charge in [0.1, 0.15) is 29.3 Å². The number of likely N-dealkylation sites (N-methyl/N-ethyl adjacent to an activating group) is 1. The van der Waals surface area contributed by atoms with Crippen molar-refractivity contribution in [2.75, 3.05) is 39.0 Å². The van der Waals surface area contributed by atoms with Crippen LogP contribution < -0.4 is 15.8 Å². The third kappa shape index (κ3) is 8.16. The molecule has 3 heterocycles. The second kappa shape index (κ2) is 15.8. The number of nitrogens with one attached hydrogen (secondary N) is 1. The molecule has 0 atom stereocenters. The van der Waals surface area contributed by atoms with Crippen LogP contribution in [-0.2, 0) is 22.7 Å². The van der Waals surface area contributed by atoms with Crippen LogP contribution in [0.25, 0.3) is 22.3 Å². The number of benzene rings is 3. The zero-order chi connectivity index (χ0) is 36.0. The summed E-state index contributed by atoms with van der Waals surface area (Å²) >= 11 is 0. The molecule has 2 aliphatic rings. The van der Waals surface area contributed by atoms with E-state index in [4.69, 9.17) is 20.4 Å². The van der Waals surface area contributed by atoms with E-state index in [1.165, 1.54) is 13.3 Å². The zero-order valence-electron chi connectivity index (χ0n) is 29.6. The molecule has 1 aliphatic carbocycles. The number of urea groups is 1. The molecule has 5 aromatic rings. The maximum Gasteiger partial charge on any atom is 0.351 e. The van der Waals surface area contributed by atoms with E-state index in [1.807, 2.05) is 72.8 Å². The van der Waals surface area contributed by atoms with Crippen molar-refractivity contribution >= 4 is 28.9 Å². The number of nitrogens with two attached hydrogens (primary N) is 1. The monoisotopic (exact) mass is 703 g/mol. The molecular weight excluding hydrogens is 658 g/mol. The number of amides is 2. The van der Waals surface area contributed by atoms with E-state index in [-0.39, 0.29) is 12.6 Å². The van der Waals surface area contributed by atoms with E-state index in [2.05, 4.69) is 36.8 Å². The Morgan fingerprint density at radius 2 is 1.58 bits per heavy atom. The van der Waals surface area contributed by atoms with Crippen molar-refractivity contribution in [2.24, 2.45) is 0 Å².